The van der Waals surface area contributed by atoms with Gasteiger partial charge in [-0.25, -0.2) is 18.1 Å². The molecule has 0 unspecified atom stereocenters. The molecule has 0 atom stereocenters. The highest BCUT2D eigenvalue weighted by atomic mass is 32.2. The average molecular weight is 494 g/mol. The van der Waals surface area contributed by atoms with Gasteiger partial charge >= 0.3 is 0 Å². The molecule has 0 radical (unpaired) electrons. The summed E-state index contributed by atoms with van der Waals surface area (Å²) in [6.45, 7) is 0.232. The molecule has 2 aromatic carbocycles. The van der Waals surface area contributed by atoms with Crippen molar-refractivity contribution >= 4 is 21.7 Å². The molecule has 1 fully saturated rings. The summed E-state index contributed by atoms with van der Waals surface area (Å²) in [7, 11) is -1.61. The van der Waals surface area contributed by atoms with Crippen LogP contribution in [0, 0.1) is 0 Å². The molecular weight excluding hydrogens is 462 g/mol. The van der Waals surface area contributed by atoms with E-state index in [1.54, 1.807) is 13.2 Å². The van der Waals surface area contributed by atoms with Gasteiger partial charge in [-0.3, -0.25) is 4.79 Å². The summed E-state index contributed by atoms with van der Waals surface area (Å²) in [5, 5.41) is 3.08. The van der Waals surface area contributed by atoms with Crippen molar-refractivity contribution in [1.29, 1.82) is 0 Å². The lowest BCUT2D eigenvalue weighted by molar-refractivity contribution is -0.122. The Balaban J connectivity index is 1.53. The lowest BCUT2D eigenvalue weighted by Crippen LogP contribution is -2.42. The first-order chi connectivity index (χ1) is 16.8. The Morgan fingerprint density at radius 3 is 2.29 bits per heavy atom. The Morgan fingerprint density at radius 2 is 1.66 bits per heavy atom. The molecule has 184 valence electrons. The summed E-state index contributed by atoms with van der Waals surface area (Å²) in [6, 6.07) is 20.9. The van der Waals surface area contributed by atoms with Gasteiger partial charge in [0.05, 0.1) is 24.5 Å². The molecule has 8 heteroatoms. The number of nitrogens with one attached hydrogen (secondary N) is 2. The Labute approximate surface area is 207 Å². The Kier molecular flexibility index (Phi) is 7.52. The van der Waals surface area contributed by atoms with Crippen molar-refractivity contribution in [2.45, 2.75) is 44.1 Å². The van der Waals surface area contributed by atoms with Gasteiger partial charge < -0.3 is 10.1 Å². The van der Waals surface area contributed by atoms with Crippen LogP contribution in [0.5, 0.6) is 5.75 Å². The predicted molar refractivity (Wildman–Crippen MR) is 138 cm³/mol. The quantitative estimate of drug-likeness (QED) is 0.476. The molecule has 35 heavy (non-hydrogen) atoms. The minimum absolute atomic E-state index is 0.0331. The van der Waals surface area contributed by atoms with E-state index in [0.29, 0.717) is 5.82 Å². The molecule has 0 aliphatic heterocycles. The normalized spacial score (nSPS) is 15.4. The van der Waals surface area contributed by atoms with Crippen molar-refractivity contribution in [3.05, 3.63) is 77.9 Å². The van der Waals surface area contributed by atoms with Crippen LogP contribution in [-0.4, -0.2) is 32.7 Å². The summed E-state index contributed by atoms with van der Waals surface area (Å²) in [5.74, 6) is 1.25. The number of pyridine rings is 1. The number of rotatable bonds is 8. The third-order valence-corrected chi connectivity index (χ3v) is 7.23. The van der Waals surface area contributed by atoms with E-state index >= 15 is 0 Å². The number of carbonyl (C=O) groups is 1. The number of aromatic nitrogens is 1. The van der Waals surface area contributed by atoms with Crippen LogP contribution in [-0.2, 0) is 26.8 Å². The zero-order chi connectivity index (χ0) is 24.9. The fourth-order valence-corrected chi connectivity index (χ4v) is 5.05. The summed E-state index contributed by atoms with van der Waals surface area (Å²) in [5.41, 5.74) is 2.88. The highest BCUT2D eigenvalue weighted by Crippen LogP contribution is 2.41. The SMILES string of the molecule is COc1ccc(C2(C(=O)Nc3cccc(-c4ccc(CNS(C)(=O)=O)cc4)n3)CCCCC2)cc1. The molecule has 1 amide bonds. The highest BCUT2D eigenvalue weighted by molar-refractivity contribution is 7.88. The second-order valence-corrected chi connectivity index (χ2v) is 10.9. The van der Waals surface area contributed by atoms with E-state index in [1.807, 2.05) is 60.7 Å². The van der Waals surface area contributed by atoms with E-state index in [9.17, 15) is 13.2 Å². The van der Waals surface area contributed by atoms with Crippen LogP contribution >= 0.6 is 0 Å². The van der Waals surface area contributed by atoms with Crippen LogP contribution in [0.25, 0.3) is 11.3 Å². The van der Waals surface area contributed by atoms with Gasteiger partial charge in [0.2, 0.25) is 15.9 Å². The lowest BCUT2D eigenvalue weighted by Gasteiger charge is -2.36. The van der Waals surface area contributed by atoms with Crippen molar-refractivity contribution in [3.8, 4) is 17.0 Å². The number of sulfonamides is 1. The number of methoxy groups -OCH3 is 1. The fraction of sp³-hybridized carbons (Fsp3) is 0.333. The number of anilines is 1. The van der Waals surface area contributed by atoms with Gasteiger partial charge in [-0.05, 0) is 48.2 Å². The Bertz CT molecular complexity index is 1270. The van der Waals surface area contributed by atoms with Crippen LogP contribution in [0.4, 0.5) is 5.82 Å². The highest BCUT2D eigenvalue weighted by Gasteiger charge is 2.41. The molecule has 0 saturated heterocycles. The fourth-order valence-electron chi connectivity index (χ4n) is 4.62. The van der Waals surface area contributed by atoms with Crippen LogP contribution in [0.1, 0.15) is 43.2 Å². The summed E-state index contributed by atoms with van der Waals surface area (Å²) in [6.07, 6.45) is 5.88. The molecule has 1 saturated carbocycles. The van der Waals surface area contributed by atoms with Gasteiger partial charge in [0.25, 0.3) is 0 Å². The van der Waals surface area contributed by atoms with Crippen molar-refractivity contribution in [2.24, 2.45) is 0 Å². The van der Waals surface area contributed by atoms with E-state index in [4.69, 9.17) is 4.74 Å². The smallest absolute Gasteiger partial charge is 0.236 e. The predicted octanol–water partition coefficient (Wildman–Crippen LogP) is 4.65. The zero-order valence-corrected chi connectivity index (χ0v) is 20.9. The Morgan fingerprint density at radius 1 is 0.971 bits per heavy atom. The van der Waals surface area contributed by atoms with Crippen LogP contribution in [0.2, 0.25) is 0 Å². The van der Waals surface area contributed by atoms with Crippen LogP contribution in [0.15, 0.2) is 66.7 Å². The summed E-state index contributed by atoms with van der Waals surface area (Å²) in [4.78, 5) is 18.3. The minimum atomic E-state index is -3.25. The number of ether oxygens (including phenoxy) is 1. The first kappa shape index (κ1) is 24.9. The van der Waals surface area contributed by atoms with Gasteiger partial charge in [-0.1, -0.05) is 61.7 Å². The molecule has 3 aromatic rings. The van der Waals surface area contributed by atoms with Gasteiger partial charge in [-0.2, -0.15) is 0 Å². The largest absolute Gasteiger partial charge is 0.497 e. The molecule has 1 aromatic heterocycles. The maximum Gasteiger partial charge on any atom is 0.236 e. The van der Waals surface area contributed by atoms with Crippen molar-refractivity contribution in [1.82, 2.24) is 9.71 Å². The van der Waals surface area contributed by atoms with Gasteiger partial charge in [0.15, 0.2) is 0 Å². The molecule has 7 nitrogen and oxygen atoms in total. The maximum atomic E-state index is 13.7. The number of carbonyl (C=O) groups excluding carboxylic acids is 1. The van der Waals surface area contributed by atoms with E-state index in [0.717, 1.165) is 66.5 Å². The third-order valence-electron chi connectivity index (χ3n) is 6.56. The van der Waals surface area contributed by atoms with Crippen LogP contribution < -0.4 is 14.8 Å². The third kappa shape index (κ3) is 6.07. The zero-order valence-electron chi connectivity index (χ0n) is 20.1. The number of hydrogen-bond acceptors (Lipinski definition) is 5. The molecule has 0 spiro atoms. The molecule has 1 aliphatic rings. The topological polar surface area (TPSA) is 97.4 Å². The first-order valence-corrected chi connectivity index (χ1v) is 13.7. The van der Waals surface area contributed by atoms with E-state index in [1.165, 1.54) is 0 Å². The van der Waals surface area contributed by atoms with E-state index in [2.05, 4.69) is 15.0 Å². The molecule has 4 rings (SSSR count). The summed E-state index contributed by atoms with van der Waals surface area (Å²) >= 11 is 0. The average Bonchev–Trinajstić information content (AvgIpc) is 2.88. The number of benzene rings is 2. The summed E-state index contributed by atoms with van der Waals surface area (Å²) < 4.78 is 30.4. The Hall–Kier alpha value is -3.23. The second kappa shape index (κ2) is 10.6. The molecule has 1 aliphatic carbocycles. The molecule has 1 heterocycles. The minimum Gasteiger partial charge on any atom is -0.497 e. The van der Waals surface area contributed by atoms with Gasteiger partial charge in [-0.15, -0.1) is 0 Å². The monoisotopic (exact) mass is 493 g/mol. The molecule has 2 N–H and O–H groups in total. The molecular formula is C27H31N3O4S. The number of nitrogens with zero attached hydrogens (tertiary/aromatic N) is 1. The van der Waals surface area contributed by atoms with Gasteiger partial charge in [0, 0.05) is 12.1 Å². The van der Waals surface area contributed by atoms with Crippen LogP contribution in [0.3, 0.4) is 0 Å². The lowest BCUT2D eigenvalue weighted by atomic mass is 9.68. The maximum absolute atomic E-state index is 13.7. The molecule has 0 bridgehead atoms. The van der Waals surface area contributed by atoms with Crippen molar-refractivity contribution < 1.29 is 17.9 Å². The second-order valence-electron chi connectivity index (χ2n) is 9.02. The van der Waals surface area contributed by atoms with Gasteiger partial charge in [0.1, 0.15) is 11.6 Å². The van der Waals surface area contributed by atoms with E-state index < -0.39 is 15.4 Å². The first-order valence-electron chi connectivity index (χ1n) is 11.8. The number of amides is 1. The van der Waals surface area contributed by atoms with Crippen molar-refractivity contribution in [3.63, 3.8) is 0 Å². The van der Waals surface area contributed by atoms with E-state index in [-0.39, 0.29) is 12.5 Å². The number of hydrogen-bond donors (Lipinski definition) is 2. The van der Waals surface area contributed by atoms with Crippen molar-refractivity contribution in [2.75, 3.05) is 18.7 Å². The standard InChI is InChI=1S/C27H31N3O4S/c1-34-23-15-13-22(14-16-23)27(17-4-3-5-18-27)26(31)30-25-8-6-7-24(29-25)21-11-9-20(10-12-21)19-28-35(2,32)33/h6-16,28H,3-5,17-19H2,1-2H3,(H,29,30,31).